The van der Waals surface area contributed by atoms with E-state index in [4.69, 9.17) is 12.2 Å². The highest BCUT2D eigenvalue weighted by Crippen LogP contribution is 2.27. The van der Waals surface area contributed by atoms with Crippen LogP contribution in [0, 0.1) is 0 Å². The summed E-state index contributed by atoms with van der Waals surface area (Å²) < 4.78 is 24.9. The van der Waals surface area contributed by atoms with E-state index in [2.05, 4.69) is 29.4 Å². The van der Waals surface area contributed by atoms with E-state index in [0.29, 0.717) is 21.8 Å². The van der Waals surface area contributed by atoms with E-state index in [0.717, 1.165) is 25.3 Å². The van der Waals surface area contributed by atoms with Gasteiger partial charge in [0, 0.05) is 10.6 Å². The maximum atomic E-state index is 12.4. The average Bonchev–Trinajstić information content (AvgIpc) is 2.63. The van der Waals surface area contributed by atoms with Crippen molar-refractivity contribution in [3.05, 3.63) is 60.2 Å². The van der Waals surface area contributed by atoms with Crippen LogP contribution in [0.1, 0.15) is 11.6 Å². The van der Waals surface area contributed by atoms with Crippen molar-refractivity contribution in [2.24, 2.45) is 0 Å². The molecule has 1 saturated heterocycles. The first-order valence-corrected chi connectivity index (χ1v) is 9.80. The van der Waals surface area contributed by atoms with Crippen LogP contribution in [0.3, 0.4) is 0 Å². The summed E-state index contributed by atoms with van der Waals surface area (Å²) in [6.07, 6.45) is 0. The minimum absolute atomic E-state index is 0.221. The van der Waals surface area contributed by atoms with Crippen molar-refractivity contribution in [3.63, 3.8) is 0 Å². The van der Waals surface area contributed by atoms with Crippen molar-refractivity contribution >= 4 is 34.8 Å². The Hall–Kier alpha value is -1.70. The number of benzene rings is 2. The lowest BCUT2D eigenvalue weighted by molar-refractivity contribution is -0.887. The van der Waals surface area contributed by atoms with Crippen LogP contribution in [-0.4, -0.2) is 42.5 Å². The van der Waals surface area contributed by atoms with Crippen LogP contribution in [-0.2, 0) is 0 Å². The Bertz CT molecular complexity index is 725. The molecule has 2 aromatic rings. The first-order chi connectivity index (χ1) is 12.5. The maximum Gasteiger partial charge on any atom is 0.288 e. The van der Waals surface area contributed by atoms with Gasteiger partial charge in [-0.15, -0.1) is 0 Å². The minimum Gasteiger partial charge on any atom is -0.334 e. The van der Waals surface area contributed by atoms with Gasteiger partial charge in [0.1, 0.15) is 12.6 Å². The topological polar surface area (TPSA) is 19.7 Å². The number of thioether (sulfide) groups is 1. The van der Waals surface area contributed by atoms with E-state index in [1.807, 2.05) is 18.2 Å². The van der Waals surface area contributed by atoms with Crippen molar-refractivity contribution in [2.75, 3.05) is 32.0 Å². The number of piperazine rings is 1. The van der Waals surface area contributed by atoms with Gasteiger partial charge in [-0.05, 0) is 42.0 Å². The number of hydrogen-bond donors (Lipinski definition) is 2. The Morgan fingerprint density at radius 1 is 1.19 bits per heavy atom. The third-order valence-electron chi connectivity index (χ3n) is 4.47. The van der Waals surface area contributed by atoms with Gasteiger partial charge in [-0.1, -0.05) is 42.1 Å². The van der Waals surface area contributed by atoms with Crippen molar-refractivity contribution in [1.29, 1.82) is 0 Å². The molecule has 2 N–H and O–H groups in total. The van der Waals surface area contributed by atoms with Gasteiger partial charge in [-0.25, -0.2) is 0 Å². The van der Waals surface area contributed by atoms with Crippen LogP contribution in [0.5, 0.6) is 0 Å². The number of rotatable bonds is 4. The van der Waals surface area contributed by atoms with Crippen molar-refractivity contribution < 1.29 is 13.7 Å². The molecule has 2 atom stereocenters. The van der Waals surface area contributed by atoms with Crippen LogP contribution in [0.25, 0.3) is 0 Å². The number of likely N-dealkylation sites (N-methyl/N-ethyl adjacent to an activating group) is 1. The van der Waals surface area contributed by atoms with Crippen LogP contribution >= 0.6 is 24.0 Å². The summed E-state index contributed by atoms with van der Waals surface area (Å²) in [6.45, 7) is 2.88. The Morgan fingerprint density at radius 3 is 2.54 bits per heavy atom. The molecule has 1 fully saturated rings. The molecule has 26 heavy (non-hydrogen) atoms. The number of hydrogen-bond acceptors (Lipinski definition) is 2. The molecule has 1 unspecified atom stereocenters. The zero-order valence-electron chi connectivity index (χ0n) is 14.5. The standard InChI is InChI=1S/C19H21F2N3S2/c1-23-11-12-24(17(13-23)14-5-3-2-4-6-14)19(25)22-15-7-9-16(10-8-15)26-18(20)21/h2-10,17-18H,11-13H2,1H3,(H,22,25)/p+1/t17-/m0/s1. The van der Waals surface area contributed by atoms with Crippen molar-refractivity contribution in [1.82, 2.24) is 4.90 Å². The van der Waals surface area contributed by atoms with E-state index in [1.165, 1.54) is 10.5 Å². The van der Waals surface area contributed by atoms with Gasteiger partial charge in [0.05, 0.1) is 20.1 Å². The monoisotopic (exact) mass is 394 g/mol. The van der Waals surface area contributed by atoms with Gasteiger partial charge in [-0.2, -0.15) is 8.78 Å². The third kappa shape index (κ3) is 4.93. The normalized spacial score (nSPS) is 20.2. The van der Waals surface area contributed by atoms with Gasteiger partial charge in [0.15, 0.2) is 5.11 Å². The SMILES string of the molecule is C[NH+]1CCN(C(=S)Nc2ccc(SC(F)F)cc2)[C@H](c2ccccc2)C1. The van der Waals surface area contributed by atoms with E-state index in [1.54, 1.807) is 24.3 Å². The van der Waals surface area contributed by atoms with E-state index >= 15 is 0 Å². The summed E-state index contributed by atoms with van der Waals surface area (Å²) in [5, 5.41) is 3.93. The number of thiocarbonyl (C=S) groups is 1. The van der Waals surface area contributed by atoms with E-state index in [9.17, 15) is 8.78 Å². The molecule has 0 radical (unpaired) electrons. The zero-order valence-corrected chi connectivity index (χ0v) is 16.1. The molecule has 0 spiro atoms. The molecular formula is C19H22F2N3S2+. The molecule has 0 amide bonds. The smallest absolute Gasteiger partial charge is 0.288 e. The molecule has 3 nitrogen and oxygen atoms in total. The second-order valence-electron chi connectivity index (χ2n) is 6.36. The Morgan fingerprint density at radius 2 is 1.88 bits per heavy atom. The summed E-state index contributed by atoms with van der Waals surface area (Å²) >= 11 is 6.20. The predicted octanol–water partition coefficient (Wildman–Crippen LogP) is 3.27. The van der Waals surface area contributed by atoms with Crippen molar-refractivity contribution in [3.8, 4) is 0 Å². The lowest BCUT2D eigenvalue weighted by Gasteiger charge is -2.39. The first-order valence-electron chi connectivity index (χ1n) is 8.51. The van der Waals surface area contributed by atoms with Gasteiger partial charge in [0.2, 0.25) is 0 Å². The van der Waals surface area contributed by atoms with Gasteiger partial charge >= 0.3 is 0 Å². The average molecular weight is 395 g/mol. The lowest BCUT2D eigenvalue weighted by atomic mass is 10.0. The number of alkyl halides is 2. The quantitative estimate of drug-likeness (QED) is 0.613. The molecule has 1 heterocycles. The molecule has 0 saturated carbocycles. The fourth-order valence-electron chi connectivity index (χ4n) is 3.14. The largest absolute Gasteiger partial charge is 0.334 e. The molecule has 0 bridgehead atoms. The second kappa shape index (κ2) is 8.79. The zero-order chi connectivity index (χ0) is 18.5. The number of nitrogens with zero attached hydrogens (tertiary/aromatic N) is 1. The summed E-state index contributed by atoms with van der Waals surface area (Å²) in [4.78, 5) is 4.24. The summed E-state index contributed by atoms with van der Waals surface area (Å²) in [5.41, 5.74) is 2.06. The molecule has 1 aliphatic rings. The number of quaternary nitrogens is 1. The predicted molar refractivity (Wildman–Crippen MR) is 107 cm³/mol. The number of halogens is 2. The molecular weight excluding hydrogens is 372 g/mol. The van der Waals surface area contributed by atoms with Gasteiger partial charge in [0.25, 0.3) is 5.76 Å². The minimum atomic E-state index is -2.41. The van der Waals surface area contributed by atoms with Crippen LogP contribution in [0.2, 0.25) is 0 Å². The fraction of sp³-hybridized carbons (Fsp3) is 0.316. The molecule has 0 aliphatic carbocycles. The number of nitrogens with one attached hydrogen (secondary N) is 2. The maximum absolute atomic E-state index is 12.4. The highest BCUT2D eigenvalue weighted by atomic mass is 32.2. The third-order valence-corrected chi connectivity index (χ3v) is 5.53. The second-order valence-corrected chi connectivity index (χ2v) is 7.81. The lowest BCUT2D eigenvalue weighted by Crippen LogP contribution is -3.12. The summed E-state index contributed by atoms with van der Waals surface area (Å²) in [7, 11) is 2.20. The highest BCUT2D eigenvalue weighted by Gasteiger charge is 2.30. The van der Waals surface area contributed by atoms with Crippen LogP contribution in [0.15, 0.2) is 59.5 Å². The van der Waals surface area contributed by atoms with Gasteiger partial charge in [-0.3, -0.25) is 0 Å². The molecule has 7 heteroatoms. The Labute approximate surface area is 162 Å². The Balaban J connectivity index is 1.71. The Kier molecular flexibility index (Phi) is 6.45. The van der Waals surface area contributed by atoms with Crippen LogP contribution < -0.4 is 10.2 Å². The highest BCUT2D eigenvalue weighted by molar-refractivity contribution is 7.99. The van der Waals surface area contributed by atoms with Crippen molar-refractivity contribution in [2.45, 2.75) is 16.7 Å². The molecule has 0 aromatic heterocycles. The number of anilines is 1. The summed E-state index contributed by atoms with van der Waals surface area (Å²) in [6, 6.07) is 17.5. The van der Waals surface area contributed by atoms with Crippen LogP contribution in [0.4, 0.5) is 14.5 Å². The fourth-order valence-corrected chi connectivity index (χ4v) is 3.98. The molecule has 3 rings (SSSR count). The van der Waals surface area contributed by atoms with Gasteiger partial charge < -0.3 is 15.1 Å². The van der Waals surface area contributed by atoms with E-state index in [-0.39, 0.29) is 6.04 Å². The first kappa shape index (κ1) is 19.1. The molecule has 2 aromatic carbocycles. The summed E-state index contributed by atoms with van der Waals surface area (Å²) in [5.74, 6) is -2.41. The molecule has 138 valence electrons. The molecule has 1 aliphatic heterocycles. The van der Waals surface area contributed by atoms with E-state index < -0.39 is 5.76 Å².